The molecule has 5 aromatic rings. The van der Waals surface area contributed by atoms with Crippen molar-refractivity contribution >= 4 is 16.6 Å². The Hall–Kier alpha value is -3.82. The standard InChI is InChI=1S/C20H14F3N7/c1-11-5-12(9-24-8-11)16-3-4-18-25-26-19(30(18)28-16)20(22,23)14-6-13-10-29(2)27-17(13)7-15(14)21/h3-10H,1-2H3. The highest BCUT2D eigenvalue weighted by atomic mass is 19.3. The molecule has 0 atom stereocenters. The van der Waals surface area contributed by atoms with Crippen molar-refractivity contribution in [2.24, 2.45) is 7.05 Å². The molecule has 5 rings (SSSR count). The highest BCUT2D eigenvalue weighted by Gasteiger charge is 2.42. The lowest BCUT2D eigenvalue weighted by Gasteiger charge is -2.15. The molecule has 1 aromatic carbocycles. The zero-order valence-electron chi connectivity index (χ0n) is 15.9. The number of aryl methyl sites for hydroxylation is 2. The van der Waals surface area contributed by atoms with Gasteiger partial charge in [0.2, 0.25) is 5.82 Å². The molecule has 0 unspecified atom stereocenters. The number of aromatic nitrogens is 7. The van der Waals surface area contributed by atoms with Crippen LogP contribution in [0, 0.1) is 12.7 Å². The molecule has 0 aliphatic carbocycles. The summed E-state index contributed by atoms with van der Waals surface area (Å²) in [5.74, 6) is -5.63. The third-order valence-electron chi connectivity index (χ3n) is 4.76. The first-order chi connectivity index (χ1) is 14.3. The van der Waals surface area contributed by atoms with Crippen LogP contribution in [0.1, 0.15) is 17.0 Å². The minimum absolute atomic E-state index is 0.122. The fourth-order valence-corrected chi connectivity index (χ4v) is 3.36. The van der Waals surface area contributed by atoms with Gasteiger partial charge in [-0.15, -0.1) is 10.2 Å². The Morgan fingerprint density at radius 2 is 1.83 bits per heavy atom. The lowest BCUT2D eigenvalue weighted by atomic mass is 10.0. The monoisotopic (exact) mass is 409 g/mol. The molecule has 10 heteroatoms. The third-order valence-corrected chi connectivity index (χ3v) is 4.76. The molecule has 4 aromatic heterocycles. The molecule has 4 heterocycles. The van der Waals surface area contributed by atoms with Gasteiger partial charge in [-0.05, 0) is 36.8 Å². The van der Waals surface area contributed by atoms with Crippen molar-refractivity contribution in [3.8, 4) is 11.3 Å². The van der Waals surface area contributed by atoms with Gasteiger partial charge in [-0.1, -0.05) is 0 Å². The van der Waals surface area contributed by atoms with E-state index in [1.165, 1.54) is 16.9 Å². The smallest absolute Gasteiger partial charge is 0.275 e. The highest BCUT2D eigenvalue weighted by Crippen LogP contribution is 2.37. The van der Waals surface area contributed by atoms with Crippen LogP contribution in [0.2, 0.25) is 0 Å². The van der Waals surface area contributed by atoms with Crippen LogP contribution >= 0.6 is 0 Å². The third kappa shape index (κ3) is 2.79. The van der Waals surface area contributed by atoms with Gasteiger partial charge in [0, 0.05) is 42.7 Å². The summed E-state index contributed by atoms with van der Waals surface area (Å²) in [4.78, 5) is 4.10. The van der Waals surface area contributed by atoms with Crippen LogP contribution in [0.15, 0.2) is 48.9 Å². The predicted molar refractivity (Wildman–Crippen MR) is 102 cm³/mol. The molecule has 0 aliphatic heterocycles. The number of pyridine rings is 1. The van der Waals surface area contributed by atoms with Gasteiger partial charge in [-0.25, -0.2) is 4.39 Å². The molecule has 0 spiro atoms. The molecule has 0 bridgehead atoms. The minimum atomic E-state index is -3.77. The number of benzene rings is 1. The van der Waals surface area contributed by atoms with Crippen LogP contribution in [0.5, 0.6) is 0 Å². The van der Waals surface area contributed by atoms with E-state index in [1.807, 2.05) is 13.0 Å². The van der Waals surface area contributed by atoms with Gasteiger partial charge >= 0.3 is 5.92 Å². The summed E-state index contributed by atoms with van der Waals surface area (Å²) in [7, 11) is 1.63. The van der Waals surface area contributed by atoms with E-state index in [4.69, 9.17) is 0 Å². The predicted octanol–water partition coefficient (Wildman–Crippen LogP) is 3.66. The van der Waals surface area contributed by atoms with Crippen molar-refractivity contribution in [3.05, 3.63) is 71.7 Å². The summed E-state index contributed by atoms with van der Waals surface area (Å²) in [6, 6.07) is 7.06. The average molecular weight is 409 g/mol. The van der Waals surface area contributed by atoms with Gasteiger partial charge in [-0.3, -0.25) is 9.67 Å². The van der Waals surface area contributed by atoms with Gasteiger partial charge in [0.25, 0.3) is 0 Å². The Morgan fingerprint density at radius 1 is 1.00 bits per heavy atom. The van der Waals surface area contributed by atoms with Crippen molar-refractivity contribution in [2.45, 2.75) is 12.8 Å². The molecule has 150 valence electrons. The van der Waals surface area contributed by atoms with Gasteiger partial charge in [0.15, 0.2) is 5.65 Å². The SMILES string of the molecule is Cc1cncc(-c2ccc3nnc(C(F)(F)c4cc5cn(C)nc5cc4F)n3n2)c1. The van der Waals surface area contributed by atoms with E-state index in [-0.39, 0.29) is 11.2 Å². The van der Waals surface area contributed by atoms with Crippen molar-refractivity contribution in [1.29, 1.82) is 0 Å². The minimum Gasteiger partial charge on any atom is -0.275 e. The largest absolute Gasteiger partial charge is 0.336 e. The van der Waals surface area contributed by atoms with E-state index in [1.54, 1.807) is 25.5 Å². The van der Waals surface area contributed by atoms with E-state index >= 15 is 8.78 Å². The van der Waals surface area contributed by atoms with Crippen molar-refractivity contribution in [1.82, 2.24) is 34.6 Å². The lowest BCUT2D eigenvalue weighted by molar-refractivity contribution is 0.0270. The Kier molecular flexibility index (Phi) is 3.85. The number of nitrogens with zero attached hydrogens (tertiary/aromatic N) is 7. The number of halogens is 3. The summed E-state index contributed by atoms with van der Waals surface area (Å²) in [6.07, 6.45) is 4.80. The second kappa shape index (κ2) is 6.34. The first-order valence-electron chi connectivity index (χ1n) is 8.99. The van der Waals surface area contributed by atoms with E-state index in [9.17, 15) is 4.39 Å². The molecule has 0 N–H and O–H groups in total. The first-order valence-corrected chi connectivity index (χ1v) is 8.99. The fraction of sp³-hybridized carbons (Fsp3) is 0.150. The molecule has 0 saturated carbocycles. The zero-order chi connectivity index (χ0) is 21.0. The van der Waals surface area contributed by atoms with Crippen molar-refractivity contribution in [2.75, 3.05) is 0 Å². The average Bonchev–Trinajstić information content (AvgIpc) is 3.29. The normalized spacial score (nSPS) is 12.2. The van der Waals surface area contributed by atoms with Crippen molar-refractivity contribution < 1.29 is 13.2 Å². The van der Waals surface area contributed by atoms with E-state index in [0.717, 1.165) is 22.2 Å². The van der Waals surface area contributed by atoms with Gasteiger partial charge in [0.05, 0.1) is 16.8 Å². The lowest BCUT2D eigenvalue weighted by Crippen LogP contribution is -2.22. The Balaban J connectivity index is 1.68. The highest BCUT2D eigenvalue weighted by molar-refractivity contribution is 5.79. The van der Waals surface area contributed by atoms with Crippen LogP contribution in [0.25, 0.3) is 27.8 Å². The summed E-state index contributed by atoms with van der Waals surface area (Å²) < 4.78 is 47.8. The van der Waals surface area contributed by atoms with Crippen LogP contribution in [0.3, 0.4) is 0 Å². The molecular formula is C20H14F3N7. The van der Waals surface area contributed by atoms with Gasteiger partial charge in [-0.2, -0.15) is 23.5 Å². The topological polar surface area (TPSA) is 73.8 Å². The molecule has 0 fully saturated rings. The quantitative estimate of drug-likeness (QED) is 0.455. The molecular weight excluding hydrogens is 395 g/mol. The molecule has 0 aliphatic rings. The maximum atomic E-state index is 15.4. The summed E-state index contributed by atoms with van der Waals surface area (Å²) in [5.41, 5.74) is 1.56. The molecule has 0 amide bonds. The number of alkyl halides is 2. The number of hydrogen-bond acceptors (Lipinski definition) is 5. The maximum Gasteiger partial charge on any atom is 0.336 e. The molecule has 0 saturated heterocycles. The van der Waals surface area contributed by atoms with E-state index < -0.39 is 23.1 Å². The Labute approximate surface area is 167 Å². The van der Waals surface area contributed by atoms with Crippen LogP contribution in [0.4, 0.5) is 13.2 Å². The van der Waals surface area contributed by atoms with E-state index in [2.05, 4.69) is 25.4 Å². The molecule has 7 nitrogen and oxygen atoms in total. The Morgan fingerprint density at radius 3 is 2.63 bits per heavy atom. The zero-order valence-corrected chi connectivity index (χ0v) is 15.9. The molecule has 0 radical (unpaired) electrons. The maximum absolute atomic E-state index is 15.4. The van der Waals surface area contributed by atoms with Crippen LogP contribution in [-0.2, 0) is 13.0 Å². The number of fused-ring (bicyclic) bond motifs is 2. The van der Waals surface area contributed by atoms with Gasteiger partial charge in [0.1, 0.15) is 5.82 Å². The van der Waals surface area contributed by atoms with Crippen LogP contribution in [-0.4, -0.2) is 34.6 Å². The van der Waals surface area contributed by atoms with E-state index in [0.29, 0.717) is 16.6 Å². The van der Waals surface area contributed by atoms with Crippen molar-refractivity contribution in [3.63, 3.8) is 0 Å². The molecule has 30 heavy (non-hydrogen) atoms. The van der Waals surface area contributed by atoms with Crippen LogP contribution < -0.4 is 0 Å². The van der Waals surface area contributed by atoms with Gasteiger partial charge < -0.3 is 0 Å². The number of hydrogen-bond donors (Lipinski definition) is 0. The summed E-state index contributed by atoms with van der Waals surface area (Å²) >= 11 is 0. The summed E-state index contributed by atoms with van der Waals surface area (Å²) in [5, 5.41) is 16.1. The fourth-order valence-electron chi connectivity index (χ4n) is 3.36. The second-order valence-electron chi connectivity index (χ2n) is 7.03. The second-order valence-corrected chi connectivity index (χ2v) is 7.03. The first kappa shape index (κ1) is 18.2. The summed E-state index contributed by atoms with van der Waals surface area (Å²) in [6.45, 7) is 1.87. The number of rotatable bonds is 3. The Bertz CT molecular complexity index is 1420.